The first kappa shape index (κ1) is 14.0. The first-order chi connectivity index (χ1) is 8.94. The molecule has 2 aromatic rings. The molecule has 0 fully saturated rings. The Morgan fingerprint density at radius 1 is 1.42 bits per heavy atom. The van der Waals surface area contributed by atoms with E-state index < -0.39 is 22.4 Å². The number of aliphatic hydroxyl groups is 1. The second-order valence-corrected chi connectivity index (χ2v) is 6.41. The third-order valence-electron chi connectivity index (χ3n) is 2.60. The Kier molecular flexibility index (Phi) is 3.88. The van der Waals surface area contributed by atoms with Crippen LogP contribution in [0.15, 0.2) is 33.9 Å². The van der Waals surface area contributed by atoms with Gasteiger partial charge in [0.15, 0.2) is 0 Å². The van der Waals surface area contributed by atoms with E-state index in [1.165, 1.54) is 24.3 Å². The van der Waals surface area contributed by atoms with Gasteiger partial charge in [0.1, 0.15) is 5.82 Å². The van der Waals surface area contributed by atoms with E-state index in [1.54, 1.807) is 16.8 Å². The number of thiophene rings is 1. The molecule has 0 radical (unpaired) electrons. The molecule has 0 aliphatic heterocycles. The van der Waals surface area contributed by atoms with E-state index in [1.807, 2.05) is 0 Å². The van der Waals surface area contributed by atoms with Crippen molar-refractivity contribution in [3.63, 3.8) is 0 Å². The van der Waals surface area contributed by atoms with Gasteiger partial charge in [0.25, 0.3) is 10.0 Å². The highest BCUT2D eigenvalue weighted by Gasteiger charge is 2.20. The number of sulfonamides is 1. The molecular weight excluding hydrogens is 289 g/mol. The molecule has 19 heavy (non-hydrogen) atoms. The van der Waals surface area contributed by atoms with Gasteiger partial charge in [-0.2, -0.15) is 11.3 Å². The van der Waals surface area contributed by atoms with Gasteiger partial charge in [-0.1, -0.05) is 0 Å². The molecule has 0 aliphatic carbocycles. The van der Waals surface area contributed by atoms with E-state index in [-0.39, 0.29) is 16.0 Å². The molecule has 1 aromatic heterocycles. The predicted molar refractivity (Wildman–Crippen MR) is 72.2 cm³/mol. The first-order valence-electron chi connectivity index (χ1n) is 5.39. The molecule has 4 nitrogen and oxygen atoms in total. The van der Waals surface area contributed by atoms with Crippen LogP contribution in [-0.2, 0) is 16.6 Å². The molecule has 0 spiro atoms. The summed E-state index contributed by atoms with van der Waals surface area (Å²) < 4.78 is 40.4. The molecule has 0 amide bonds. The predicted octanol–water partition coefficient (Wildman–Crippen LogP) is 2.49. The summed E-state index contributed by atoms with van der Waals surface area (Å²) in [5.41, 5.74) is 0.674. The second kappa shape index (κ2) is 5.28. The van der Waals surface area contributed by atoms with Gasteiger partial charge in [0.05, 0.1) is 17.2 Å². The van der Waals surface area contributed by atoms with Crippen LogP contribution in [0.4, 0.5) is 10.1 Å². The molecule has 0 bridgehead atoms. The molecular formula is C12H12FNO3S2. The summed E-state index contributed by atoms with van der Waals surface area (Å²) in [6.45, 7) is 0.969. The smallest absolute Gasteiger partial charge is 0.262 e. The molecule has 0 saturated heterocycles. The Labute approximate surface area is 114 Å². The van der Waals surface area contributed by atoms with E-state index in [0.717, 1.165) is 6.07 Å². The Morgan fingerprint density at radius 3 is 2.74 bits per heavy atom. The van der Waals surface area contributed by atoms with Gasteiger partial charge in [0, 0.05) is 10.9 Å². The minimum absolute atomic E-state index is 0.0277. The molecule has 0 unspecified atom stereocenters. The topological polar surface area (TPSA) is 66.4 Å². The van der Waals surface area contributed by atoms with Crippen LogP contribution < -0.4 is 4.72 Å². The normalized spacial score (nSPS) is 11.5. The van der Waals surface area contributed by atoms with Crippen molar-refractivity contribution in [3.8, 4) is 0 Å². The second-order valence-electron chi connectivity index (χ2n) is 3.98. The van der Waals surface area contributed by atoms with Crippen molar-refractivity contribution in [2.45, 2.75) is 18.4 Å². The number of hydrogen-bond acceptors (Lipinski definition) is 4. The van der Waals surface area contributed by atoms with Gasteiger partial charge in [0.2, 0.25) is 0 Å². The number of rotatable bonds is 4. The molecule has 2 N–H and O–H groups in total. The van der Waals surface area contributed by atoms with Crippen LogP contribution in [0.1, 0.15) is 11.1 Å². The number of aliphatic hydroxyl groups excluding tert-OH is 1. The summed E-state index contributed by atoms with van der Waals surface area (Å²) in [6.07, 6.45) is 0. The minimum atomic E-state index is -3.86. The van der Waals surface area contributed by atoms with Crippen LogP contribution in [0, 0.1) is 12.7 Å². The van der Waals surface area contributed by atoms with E-state index in [9.17, 15) is 12.8 Å². The lowest BCUT2D eigenvalue weighted by Crippen LogP contribution is -2.15. The summed E-state index contributed by atoms with van der Waals surface area (Å²) >= 11 is 1.35. The molecule has 1 heterocycles. The lowest BCUT2D eigenvalue weighted by Gasteiger charge is -2.11. The highest BCUT2D eigenvalue weighted by Crippen LogP contribution is 2.24. The monoisotopic (exact) mass is 301 g/mol. The zero-order valence-corrected chi connectivity index (χ0v) is 11.7. The van der Waals surface area contributed by atoms with E-state index in [2.05, 4.69) is 4.72 Å². The number of hydrogen-bond donors (Lipinski definition) is 2. The Morgan fingerprint density at radius 2 is 2.16 bits per heavy atom. The number of anilines is 1. The third kappa shape index (κ3) is 2.94. The standard InChI is InChI=1S/C12H12FNO3S2/c1-8-11(13)4-9(6-15)5-12(8)19(16,17)14-10-2-3-18-7-10/h2-5,7,14-15H,6H2,1H3. The Hall–Kier alpha value is -1.44. The lowest BCUT2D eigenvalue weighted by atomic mass is 10.1. The molecule has 0 atom stereocenters. The summed E-state index contributed by atoms with van der Waals surface area (Å²) in [5, 5.41) is 12.4. The van der Waals surface area contributed by atoms with Gasteiger partial charge in [-0.3, -0.25) is 4.72 Å². The minimum Gasteiger partial charge on any atom is -0.392 e. The van der Waals surface area contributed by atoms with Crippen LogP contribution in [0.3, 0.4) is 0 Å². The third-order valence-corrected chi connectivity index (χ3v) is 4.79. The largest absolute Gasteiger partial charge is 0.392 e. The van der Waals surface area contributed by atoms with Crippen LogP contribution in [-0.4, -0.2) is 13.5 Å². The summed E-state index contributed by atoms with van der Waals surface area (Å²) in [4.78, 5) is -0.164. The fourth-order valence-corrected chi connectivity index (χ4v) is 3.63. The number of nitrogens with one attached hydrogen (secondary N) is 1. The van der Waals surface area contributed by atoms with Crippen LogP contribution >= 0.6 is 11.3 Å². The van der Waals surface area contributed by atoms with Gasteiger partial charge < -0.3 is 5.11 Å². The maximum atomic E-state index is 13.6. The van der Waals surface area contributed by atoms with Crippen molar-refractivity contribution in [2.24, 2.45) is 0 Å². The SMILES string of the molecule is Cc1c(F)cc(CO)cc1S(=O)(=O)Nc1ccsc1. The van der Waals surface area contributed by atoms with Crippen molar-refractivity contribution < 1.29 is 17.9 Å². The van der Waals surface area contributed by atoms with Crippen LogP contribution in [0.2, 0.25) is 0 Å². The van der Waals surface area contributed by atoms with E-state index in [4.69, 9.17) is 5.11 Å². The van der Waals surface area contributed by atoms with Crippen molar-refractivity contribution in [3.05, 3.63) is 45.9 Å². The zero-order valence-electron chi connectivity index (χ0n) is 10.1. The average Bonchev–Trinajstić information content (AvgIpc) is 2.84. The molecule has 102 valence electrons. The van der Waals surface area contributed by atoms with E-state index >= 15 is 0 Å². The quantitative estimate of drug-likeness (QED) is 0.912. The lowest BCUT2D eigenvalue weighted by molar-refractivity contribution is 0.281. The molecule has 0 saturated carbocycles. The zero-order chi connectivity index (χ0) is 14.0. The average molecular weight is 301 g/mol. The fourth-order valence-electron chi connectivity index (χ4n) is 1.61. The number of halogens is 1. The number of benzene rings is 1. The van der Waals surface area contributed by atoms with Gasteiger partial charge >= 0.3 is 0 Å². The summed E-state index contributed by atoms with van der Waals surface area (Å²) in [6, 6.07) is 4.01. The van der Waals surface area contributed by atoms with Crippen LogP contribution in [0.5, 0.6) is 0 Å². The molecule has 2 rings (SSSR count). The van der Waals surface area contributed by atoms with Gasteiger partial charge in [-0.25, -0.2) is 12.8 Å². The molecule has 1 aromatic carbocycles. The molecule has 0 aliphatic rings. The molecule has 7 heteroatoms. The van der Waals surface area contributed by atoms with E-state index in [0.29, 0.717) is 5.69 Å². The Balaban J connectivity index is 2.48. The van der Waals surface area contributed by atoms with Crippen molar-refractivity contribution in [1.82, 2.24) is 0 Å². The fraction of sp³-hybridized carbons (Fsp3) is 0.167. The first-order valence-corrected chi connectivity index (χ1v) is 7.81. The van der Waals surface area contributed by atoms with Crippen molar-refractivity contribution >= 4 is 27.0 Å². The summed E-state index contributed by atoms with van der Waals surface area (Å²) in [7, 11) is -3.86. The maximum Gasteiger partial charge on any atom is 0.262 e. The maximum absolute atomic E-state index is 13.6. The highest BCUT2D eigenvalue weighted by atomic mass is 32.2. The van der Waals surface area contributed by atoms with Crippen molar-refractivity contribution in [1.29, 1.82) is 0 Å². The Bertz CT molecular complexity index is 681. The van der Waals surface area contributed by atoms with Gasteiger partial charge in [-0.05, 0) is 36.1 Å². The van der Waals surface area contributed by atoms with Crippen LogP contribution in [0.25, 0.3) is 0 Å². The van der Waals surface area contributed by atoms with Crippen molar-refractivity contribution in [2.75, 3.05) is 4.72 Å². The highest BCUT2D eigenvalue weighted by molar-refractivity contribution is 7.92. The van der Waals surface area contributed by atoms with Gasteiger partial charge in [-0.15, -0.1) is 0 Å². The summed E-state index contributed by atoms with van der Waals surface area (Å²) in [5.74, 6) is -0.655.